The van der Waals surface area contributed by atoms with E-state index in [2.05, 4.69) is 10.2 Å². The van der Waals surface area contributed by atoms with Crippen molar-refractivity contribution in [3.05, 3.63) is 24.3 Å². The maximum atomic E-state index is 11.6. The second-order valence-electron chi connectivity index (χ2n) is 5.24. The van der Waals surface area contributed by atoms with Gasteiger partial charge in [-0.2, -0.15) is 0 Å². The van der Waals surface area contributed by atoms with Crippen molar-refractivity contribution in [1.29, 1.82) is 0 Å². The minimum Gasteiger partial charge on any atom is -0.492 e. The quantitative estimate of drug-likeness (QED) is 0.755. The first-order valence-corrected chi connectivity index (χ1v) is 6.90. The summed E-state index contributed by atoms with van der Waals surface area (Å²) in [6.45, 7) is 3.41. The van der Waals surface area contributed by atoms with E-state index < -0.39 is 0 Å². The maximum absolute atomic E-state index is 11.6. The molecule has 0 bridgehead atoms. The van der Waals surface area contributed by atoms with E-state index in [0.717, 1.165) is 18.0 Å². The van der Waals surface area contributed by atoms with Crippen LogP contribution in [0, 0.1) is 0 Å². The van der Waals surface area contributed by atoms with Crippen LogP contribution in [0.15, 0.2) is 24.3 Å². The Morgan fingerprint density at radius 2 is 1.86 bits per heavy atom. The number of benzene rings is 1. The molecule has 1 aromatic carbocycles. The van der Waals surface area contributed by atoms with Gasteiger partial charge >= 0.3 is 0 Å². The second-order valence-corrected chi connectivity index (χ2v) is 5.24. The Balaban J connectivity index is 0. The summed E-state index contributed by atoms with van der Waals surface area (Å²) in [7, 11) is 4.01. The molecule has 128 valence electrons. The van der Waals surface area contributed by atoms with Crippen LogP contribution >= 0.6 is 24.8 Å². The highest BCUT2D eigenvalue weighted by atomic mass is 35.5. The molecule has 22 heavy (non-hydrogen) atoms. The zero-order valence-corrected chi connectivity index (χ0v) is 15.0. The van der Waals surface area contributed by atoms with Gasteiger partial charge in [0.1, 0.15) is 12.4 Å². The Hall–Kier alpha value is -1.01. The Kier molecular flexibility index (Phi) is 13.2. The first kappa shape index (κ1) is 23.3. The molecule has 0 aromatic heterocycles. The van der Waals surface area contributed by atoms with E-state index in [4.69, 9.17) is 10.5 Å². The molecule has 0 aliphatic rings. The molecule has 1 amide bonds. The van der Waals surface area contributed by atoms with Gasteiger partial charge in [0, 0.05) is 24.7 Å². The maximum Gasteiger partial charge on any atom is 0.224 e. The van der Waals surface area contributed by atoms with Crippen molar-refractivity contribution in [1.82, 2.24) is 4.90 Å². The van der Waals surface area contributed by atoms with Crippen molar-refractivity contribution in [3.8, 4) is 5.75 Å². The fourth-order valence-electron chi connectivity index (χ4n) is 1.56. The largest absolute Gasteiger partial charge is 0.492 e. The number of carbonyl (C=O) groups is 1. The zero-order valence-electron chi connectivity index (χ0n) is 13.4. The van der Waals surface area contributed by atoms with Crippen LogP contribution in [-0.2, 0) is 4.79 Å². The van der Waals surface area contributed by atoms with Gasteiger partial charge in [-0.05, 0) is 51.7 Å². The van der Waals surface area contributed by atoms with Crippen LogP contribution in [0.5, 0.6) is 5.75 Å². The van der Waals surface area contributed by atoms with Crippen molar-refractivity contribution in [2.75, 3.05) is 32.6 Å². The molecular weight excluding hydrogens is 325 g/mol. The number of carbonyl (C=O) groups excluding carboxylic acids is 1. The molecule has 1 atom stereocenters. The van der Waals surface area contributed by atoms with Gasteiger partial charge in [-0.25, -0.2) is 0 Å². The molecule has 0 saturated heterocycles. The number of hydrogen-bond acceptors (Lipinski definition) is 4. The molecular formula is C15H27Cl2N3O2. The van der Waals surface area contributed by atoms with Gasteiger partial charge in [-0.15, -0.1) is 24.8 Å². The van der Waals surface area contributed by atoms with E-state index >= 15 is 0 Å². The van der Waals surface area contributed by atoms with Gasteiger partial charge < -0.3 is 20.7 Å². The molecule has 0 fully saturated rings. The first-order valence-electron chi connectivity index (χ1n) is 6.90. The van der Waals surface area contributed by atoms with Gasteiger partial charge in [0.2, 0.25) is 5.91 Å². The Labute approximate surface area is 145 Å². The Morgan fingerprint density at radius 3 is 2.36 bits per heavy atom. The molecule has 0 aliphatic carbocycles. The van der Waals surface area contributed by atoms with Crippen molar-refractivity contribution in [2.45, 2.75) is 25.8 Å². The van der Waals surface area contributed by atoms with E-state index in [0.29, 0.717) is 19.4 Å². The lowest BCUT2D eigenvalue weighted by molar-refractivity contribution is -0.116. The standard InChI is InChI=1S/C15H25N3O2.2ClH/c1-12(16)4-9-15(19)17-13-5-7-14(8-6-13)20-11-10-18(2)3;;/h5-8,12H,4,9-11,16H2,1-3H3,(H,17,19);2*1H. The minimum absolute atomic E-state index is 0. The molecule has 0 heterocycles. The molecule has 0 aliphatic heterocycles. The number of halogens is 2. The summed E-state index contributed by atoms with van der Waals surface area (Å²) in [5.41, 5.74) is 6.40. The van der Waals surface area contributed by atoms with E-state index in [9.17, 15) is 4.79 Å². The SMILES string of the molecule is CC(N)CCC(=O)Nc1ccc(OCCN(C)C)cc1.Cl.Cl. The van der Waals surface area contributed by atoms with Crippen molar-refractivity contribution >= 4 is 36.4 Å². The Bertz CT molecular complexity index is 412. The molecule has 0 spiro atoms. The number of ether oxygens (including phenoxy) is 1. The highest BCUT2D eigenvalue weighted by Gasteiger charge is 2.04. The lowest BCUT2D eigenvalue weighted by Crippen LogP contribution is -2.19. The van der Waals surface area contributed by atoms with Gasteiger partial charge in [-0.3, -0.25) is 4.79 Å². The summed E-state index contributed by atoms with van der Waals surface area (Å²) in [5.74, 6) is 0.795. The number of likely N-dealkylation sites (N-methyl/N-ethyl adjacent to an activating group) is 1. The van der Waals surface area contributed by atoms with Gasteiger partial charge in [-0.1, -0.05) is 0 Å². The van der Waals surface area contributed by atoms with Gasteiger partial charge in [0.05, 0.1) is 0 Å². The van der Waals surface area contributed by atoms with Crippen LogP contribution in [0.4, 0.5) is 5.69 Å². The van der Waals surface area contributed by atoms with Crippen LogP contribution in [0.1, 0.15) is 19.8 Å². The molecule has 0 saturated carbocycles. The van der Waals surface area contributed by atoms with E-state index in [-0.39, 0.29) is 36.8 Å². The van der Waals surface area contributed by atoms with E-state index in [1.165, 1.54) is 0 Å². The highest BCUT2D eigenvalue weighted by Crippen LogP contribution is 2.16. The summed E-state index contributed by atoms with van der Waals surface area (Å²) in [6.07, 6.45) is 1.14. The smallest absolute Gasteiger partial charge is 0.224 e. The average molecular weight is 352 g/mol. The van der Waals surface area contributed by atoms with E-state index in [1.807, 2.05) is 45.3 Å². The third-order valence-electron chi connectivity index (χ3n) is 2.77. The lowest BCUT2D eigenvalue weighted by atomic mass is 10.2. The average Bonchev–Trinajstić information content (AvgIpc) is 2.38. The van der Waals surface area contributed by atoms with Crippen LogP contribution < -0.4 is 15.8 Å². The molecule has 1 aromatic rings. The predicted octanol–water partition coefficient (Wildman–Crippen LogP) is 2.54. The van der Waals surface area contributed by atoms with E-state index in [1.54, 1.807) is 0 Å². The molecule has 1 unspecified atom stereocenters. The second kappa shape index (κ2) is 12.5. The van der Waals surface area contributed by atoms with Crippen molar-refractivity contribution in [2.24, 2.45) is 5.73 Å². The summed E-state index contributed by atoms with van der Waals surface area (Å²) in [4.78, 5) is 13.7. The number of nitrogens with two attached hydrogens (primary N) is 1. The number of anilines is 1. The number of amides is 1. The highest BCUT2D eigenvalue weighted by molar-refractivity contribution is 5.90. The van der Waals surface area contributed by atoms with Crippen molar-refractivity contribution in [3.63, 3.8) is 0 Å². The molecule has 0 radical (unpaired) electrons. The fraction of sp³-hybridized carbons (Fsp3) is 0.533. The minimum atomic E-state index is -0.0106. The van der Waals surface area contributed by atoms with Crippen LogP contribution in [0.3, 0.4) is 0 Å². The number of nitrogens with one attached hydrogen (secondary N) is 1. The first-order chi connectivity index (χ1) is 9.47. The van der Waals surface area contributed by atoms with Crippen LogP contribution in [0.2, 0.25) is 0 Å². The predicted molar refractivity (Wildman–Crippen MR) is 96.5 cm³/mol. The molecule has 7 heteroatoms. The van der Waals surface area contributed by atoms with Crippen LogP contribution in [-0.4, -0.2) is 44.1 Å². The zero-order chi connectivity index (χ0) is 15.0. The topological polar surface area (TPSA) is 67.6 Å². The Morgan fingerprint density at radius 1 is 1.27 bits per heavy atom. The molecule has 3 N–H and O–H groups in total. The molecule has 5 nitrogen and oxygen atoms in total. The number of hydrogen-bond donors (Lipinski definition) is 2. The normalized spacial score (nSPS) is 11.1. The third-order valence-corrected chi connectivity index (χ3v) is 2.77. The van der Waals surface area contributed by atoms with Gasteiger partial charge in [0.25, 0.3) is 0 Å². The molecule has 1 rings (SSSR count). The van der Waals surface area contributed by atoms with Crippen LogP contribution in [0.25, 0.3) is 0 Å². The number of nitrogens with zero attached hydrogens (tertiary/aromatic N) is 1. The lowest BCUT2D eigenvalue weighted by Gasteiger charge is -2.11. The summed E-state index contributed by atoms with van der Waals surface area (Å²) >= 11 is 0. The monoisotopic (exact) mass is 351 g/mol. The summed E-state index contributed by atoms with van der Waals surface area (Å²) in [6, 6.07) is 7.45. The third kappa shape index (κ3) is 10.7. The number of rotatable bonds is 8. The summed E-state index contributed by atoms with van der Waals surface area (Å²) < 4.78 is 5.58. The summed E-state index contributed by atoms with van der Waals surface area (Å²) in [5, 5.41) is 2.84. The fourth-order valence-corrected chi connectivity index (χ4v) is 1.56. The van der Waals surface area contributed by atoms with Gasteiger partial charge in [0.15, 0.2) is 0 Å². The van der Waals surface area contributed by atoms with Crippen molar-refractivity contribution < 1.29 is 9.53 Å².